The van der Waals surface area contributed by atoms with Gasteiger partial charge in [-0.05, 0) is 25.0 Å². The third kappa shape index (κ3) is 6.05. The molecule has 0 bridgehead atoms. The van der Waals surface area contributed by atoms with Crippen LogP contribution in [0.3, 0.4) is 0 Å². The molecule has 1 aromatic rings. The van der Waals surface area contributed by atoms with Crippen LogP contribution >= 0.6 is 58.0 Å². The summed E-state index contributed by atoms with van der Waals surface area (Å²) in [6.07, 6.45) is 0.612. The maximum Gasteiger partial charge on any atom is 0.367 e. The Morgan fingerprint density at radius 1 is 1.18 bits per heavy atom. The zero-order valence-electron chi connectivity index (χ0n) is 11.0. The molecule has 0 amide bonds. The summed E-state index contributed by atoms with van der Waals surface area (Å²) in [5.41, 5.74) is 0.0589. The summed E-state index contributed by atoms with van der Waals surface area (Å²) in [7, 11) is 0. The van der Waals surface area contributed by atoms with Crippen LogP contribution in [-0.2, 0) is 9.53 Å². The van der Waals surface area contributed by atoms with Gasteiger partial charge in [-0.15, -0.1) is 10.2 Å². The van der Waals surface area contributed by atoms with Crippen molar-refractivity contribution in [3.8, 4) is 0 Å². The summed E-state index contributed by atoms with van der Waals surface area (Å²) in [5, 5.41) is 7.67. The van der Waals surface area contributed by atoms with Crippen molar-refractivity contribution in [1.29, 1.82) is 0 Å². The number of carbonyl (C=O) groups is 1. The fraction of sp³-hybridized carbons (Fsp3) is 0.417. The quantitative estimate of drug-likeness (QED) is 0.178. The highest BCUT2D eigenvalue weighted by Gasteiger charge is 2.36. The molecule has 1 aromatic carbocycles. The molecule has 0 fully saturated rings. The van der Waals surface area contributed by atoms with E-state index < -0.39 is 17.1 Å². The van der Waals surface area contributed by atoms with Gasteiger partial charge in [-0.3, -0.25) is 4.39 Å². The Morgan fingerprint density at radius 3 is 2.32 bits per heavy atom. The first kappa shape index (κ1) is 19.7. The van der Waals surface area contributed by atoms with E-state index in [0.29, 0.717) is 11.4 Å². The minimum atomic E-state index is -2.26. The Labute approximate surface area is 151 Å². The third-order valence-corrected chi connectivity index (χ3v) is 3.52. The lowest BCUT2D eigenvalue weighted by atomic mass is 10.3. The second-order valence-corrected chi connectivity index (χ2v) is 6.53. The number of hydrogen-bond acceptors (Lipinski definition) is 4. The Kier molecular flexibility index (Phi) is 8.14. The second kappa shape index (κ2) is 9.08. The first-order chi connectivity index (χ1) is 10.3. The monoisotopic (exact) mass is 408 g/mol. The lowest BCUT2D eigenvalue weighted by molar-refractivity contribution is -0.144. The molecule has 0 N–H and O–H groups in total. The van der Waals surface area contributed by atoms with E-state index >= 15 is 0 Å². The van der Waals surface area contributed by atoms with Crippen molar-refractivity contribution >= 4 is 69.7 Å². The average molecular weight is 410 g/mol. The van der Waals surface area contributed by atoms with E-state index in [2.05, 4.69) is 10.2 Å². The van der Waals surface area contributed by atoms with Gasteiger partial charge in [0.1, 0.15) is 5.69 Å². The number of carbonyl (C=O) groups excluding carboxylic acids is 1. The second-order valence-electron chi connectivity index (χ2n) is 3.99. The number of rotatable bonds is 7. The van der Waals surface area contributed by atoms with Crippen molar-refractivity contribution in [2.75, 3.05) is 13.3 Å². The molecule has 122 valence electrons. The molecule has 0 spiro atoms. The van der Waals surface area contributed by atoms with Gasteiger partial charge in [-0.1, -0.05) is 58.0 Å². The maximum absolute atomic E-state index is 11.9. The average Bonchev–Trinajstić information content (AvgIpc) is 2.42. The fourth-order valence-corrected chi connectivity index (χ4v) is 2.31. The molecule has 0 aliphatic carbocycles. The first-order valence-corrected chi connectivity index (χ1v) is 7.85. The van der Waals surface area contributed by atoms with Crippen LogP contribution in [0.4, 0.5) is 10.1 Å². The van der Waals surface area contributed by atoms with E-state index in [4.69, 9.17) is 62.7 Å². The Hall–Kier alpha value is -0.330. The molecule has 0 aliphatic rings. The van der Waals surface area contributed by atoms with Gasteiger partial charge in [0.25, 0.3) is 0 Å². The van der Waals surface area contributed by atoms with Crippen LogP contribution in [0.15, 0.2) is 22.4 Å². The summed E-state index contributed by atoms with van der Waals surface area (Å²) < 4.78 is 14.4. The maximum atomic E-state index is 11.9. The third-order valence-electron chi connectivity index (χ3n) is 2.26. The van der Waals surface area contributed by atoms with Gasteiger partial charge in [0.05, 0.1) is 23.3 Å². The number of nitrogens with zero attached hydrogens (tertiary/aromatic N) is 2. The molecule has 0 unspecified atom stereocenters. The molecular formula is C12H10Cl5FN2O2. The zero-order valence-corrected chi connectivity index (χ0v) is 14.7. The SMILES string of the molecule is O=C(OCCCCF)C(Cl)(Cl)N=Nc1c(Cl)cc(Cl)cc1Cl. The number of benzene rings is 1. The highest BCUT2D eigenvalue weighted by Crippen LogP contribution is 2.37. The molecule has 10 heteroatoms. The summed E-state index contributed by atoms with van der Waals surface area (Å²) in [6.45, 7) is -0.528. The number of unbranched alkanes of at least 4 members (excludes halogenated alkanes) is 1. The molecule has 0 atom stereocenters. The van der Waals surface area contributed by atoms with Crippen molar-refractivity contribution in [2.45, 2.75) is 17.3 Å². The van der Waals surface area contributed by atoms with Crippen LogP contribution in [0.5, 0.6) is 0 Å². The Bertz CT molecular complexity index is 545. The van der Waals surface area contributed by atoms with Gasteiger partial charge in [0.2, 0.25) is 0 Å². The van der Waals surface area contributed by atoms with Crippen LogP contribution in [0.25, 0.3) is 0 Å². The van der Waals surface area contributed by atoms with Crippen molar-refractivity contribution in [2.24, 2.45) is 10.2 Å². The van der Waals surface area contributed by atoms with Crippen molar-refractivity contribution in [1.82, 2.24) is 0 Å². The van der Waals surface area contributed by atoms with E-state index in [-0.39, 0.29) is 28.8 Å². The standard InChI is InChI=1S/C12H10Cl5FN2O2/c13-7-5-8(14)10(9(15)6-7)19-20-12(16,17)11(21)22-4-2-1-3-18/h5-6H,1-4H2. The predicted molar refractivity (Wildman–Crippen MR) is 86.6 cm³/mol. The van der Waals surface area contributed by atoms with Gasteiger partial charge < -0.3 is 4.74 Å². The topological polar surface area (TPSA) is 51.0 Å². The molecular weight excluding hydrogens is 400 g/mol. The minimum absolute atomic E-state index is 0.0259. The van der Waals surface area contributed by atoms with Crippen LogP contribution in [0, 0.1) is 0 Å². The van der Waals surface area contributed by atoms with E-state index in [9.17, 15) is 9.18 Å². The lowest BCUT2D eigenvalue weighted by Gasteiger charge is -2.12. The minimum Gasteiger partial charge on any atom is -0.462 e. The molecule has 4 nitrogen and oxygen atoms in total. The molecule has 22 heavy (non-hydrogen) atoms. The molecule has 0 saturated carbocycles. The number of alkyl halides is 3. The number of azo groups is 1. The van der Waals surface area contributed by atoms with Gasteiger partial charge in [-0.25, -0.2) is 4.79 Å². The summed E-state index contributed by atoms with van der Waals surface area (Å²) in [5.74, 6) is -1.03. The number of esters is 1. The van der Waals surface area contributed by atoms with Crippen LogP contribution < -0.4 is 0 Å². The van der Waals surface area contributed by atoms with E-state index in [0.717, 1.165) is 0 Å². The van der Waals surface area contributed by atoms with Gasteiger partial charge in [0, 0.05) is 5.02 Å². The normalized spacial score (nSPS) is 11.9. The van der Waals surface area contributed by atoms with Crippen molar-refractivity contribution < 1.29 is 13.9 Å². The lowest BCUT2D eigenvalue weighted by Crippen LogP contribution is -2.26. The fourth-order valence-electron chi connectivity index (χ4n) is 1.23. The van der Waals surface area contributed by atoms with E-state index in [1.54, 1.807) is 0 Å². The summed E-state index contributed by atoms with van der Waals surface area (Å²) in [4.78, 5) is 11.7. The van der Waals surface area contributed by atoms with Crippen molar-refractivity contribution in [3.63, 3.8) is 0 Å². The van der Waals surface area contributed by atoms with E-state index in [1.165, 1.54) is 12.1 Å². The van der Waals surface area contributed by atoms with Crippen LogP contribution in [0.1, 0.15) is 12.8 Å². The smallest absolute Gasteiger partial charge is 0.367 e. The predicted octanol–water partition coefficient (Wildman–Crippen LogP) is 6.15. The van der Waals surface area contributed by atoms with Gasteiger partial charge in [-0.2, -0.15) is 0 Å². The number of ether oxygens (including phenoxy) is 1. The molecule has 0 radical (unpaired) electrons. The highest BCUT2D eigenvalue weighted by molar-refractivity contribution is 6.57. The Morgan fingerprint density at radius 2 is 1.77 bits per heavy atom. The van der Waals surface area contributed by atoms with Crippen LogP contribution in [-0.4, -0.2) is 23.7 Å². The number of hydrogen-bond donors (Lipinski definition) is 0. The number of halogens is 6. The van der Waals surface area contributed by atoms with Gasteiger partial charge in [0.15, 0.2) is 0 Å². The Balaban J connectivity index is 2.77. The summed E-state index contributed by atoms with van der Waals surface area (Å²) in [6, 6.07) is 2.78. The van der Waals surface area contributed by atoms with Gasteiger partial charge >= 0.3 is 10.4 Å². The zero-order chi connectivity index (χ0) is 16.8. The molecule has 1 rings (SSSR count). The van der Waals surface area contributed by atoms with Crippen molar-refractivity contribution in [3.05, 3.63) is 27.2 Å². The molecule has 0 aliphatic heterocycles. The first-order valence-electron chi connectivity index (χ1n) is 5.96. The summed E-state index contributed by atoms with van der Waals surface area (Å²) >= 11 is 29.0. The highest BCUT2D eigenvalue weighted by atomic mass is 35.5. The van der Waals surface area contributed by atoms with Crippen LogP contribution in [0.2, 0.25) is 15.1 Å². The largest absolute Gasteiger partial charge is 0.462 e. The van der Waals surface area contributed by atoms with E-state index in [1.807, 2.05) is 0 Å². The molecule has 0 saturated heterocycles. The molecule has 0 aromatic heterocycles. The molecule has 0 heterocycles.